The van der Waals surface area contributed by atoms with Crippen molar-refractivity contribution in [2.45, 2.75) is 45.2 Å². The van der Waals surface area contributed by atoms with E-state index in [0.717, 1.165) is 0 Å². The Hall–Kier alpha value is -1.67. The Morgan fingerprint density at radius 2 is 1.75 bits per heavy atom. The number of hydrogen-bond acceptors (Lipinski definition) is 8. The summed E-state index contributed by atoms with van der Waals surface area (Å²) in [6.07, 6.45) is -3.63. The third-order valence-corrected chi connectivity index (χ3v) is 2.63. The van der Waals surface area contributed by atoms with Crippen molar-refractivity contribution in [3.05, 3.63) is 0 Å². The van der Waals surface area contributed by atoms with Gasteiger partial charge in [0.2, 0.25) is 0 Å². The van der Waals surface area contributed by atoms with E-state index >= 15 is 0 Å². The van der Waals surface area contributed by atoms with Crippen LogP contribution < -0.4 is 0 Å². The molecular formula is C12H18O8. The number of ether oxygens (including phenoxy) is 4. The maximum atomic E-state index is 11.1. The predicted octanol–water partition coefficient (Wildman–Crippen LogP) is -0.827. The van der Waals surface area contributed by atoms with E-state index < -0.39 is 48.9 Å². The lowest BCUT2D eigenvalue weighted by atomic mass is 10.1. The molecule has 8 nitrogen and oxygen atoms in total. The molecule has 0 spiro atoms. The van der Waals surface area contributed by atoms with Gasteiger partial charge < -0.3 is 24.1 Å². The molecule has 0 saturated carbocycles. The van der Waals surface area contributed by atoms with E-state index in [0.29, 0.717) is 0 Å². The molecular weight excluding hydrogens is 272 g/mol. The highest BCUT2D eigenvalue weighted by atomic mass is 16.6. The van der Waals surface area contributed by atoms with Crippen LogP contribution in [0.3, 0.4) is 0 Å². The summed E-state index contributed by atoms with van der Waals surface area (Å²) in [5, 5.41) is 9.25. The molecule has 1 heterocycles. The quantitative estimate of drug-likeness (QED) is 0.516. The van der Waals surface area contributed by atoms with E-state index in [9.17, 15) is 19.5 Å². The maximum Gasteiger partial charge on any atom is 0.303 e. The van der Waals surface area contributed by atoms with Gasteiger partial charge in [0, 0.05) is 20.8 Å². The van der Waals surface area contributed by atoms with Gasteiger partial charge in [-0.1, -0.05) is 0 Å². The van der Waals surface area contributed by atoms with E-state index in [4.69, 9.17) is 18.9 Å². The van der Waals surface area contributed by atoms with Crippen molar-refractivity contribution < 1.29 is 38.4 Å². The lowest BCUT2D eigenvalue weighted by molar-refractivity contribution is -0.172. The monoisotopic (exact) mass is 290 g/mol. The number of carbonyl (C=O) groups excluding carboxylic acids is 3. The average Bonchev–Trinajstić information content (AvgIpc) is 2.67. The molecule has 0 aliphatic carbocycles. The van der Waals surface area contributed by atoms with Crippen LogP contribution in [0.15, 0.2) is 0 Å². The average molecular weight is 290 g/mol. The molecule has 0 bridgehead atoms. The molecule has 4 atom stereocenters. The van der Waals surface area contributed by atoms with Gasteiger partial charge in [-0.05, 0) is 0 Å². The zero-order chi connectivity index (χ0) is 15.3. The van der Waals surface area contributed by atoms with Gasteiger partial charge >= 0.3 is 17.9 Å². The van der Waals surface area contributed by atoms with Crippen molar-refractivity contribution in [2.24, 2.45) is 0 Å². The Morgan fingerprint density at radius 1 is 1.15 bits per heavy atom. The highest BCUT2D eigenvalue weighted by molar-refractivity contribution is 5.68. The molecule has 20 heavy (non-hydrogen) atoms. The zero-order valence-corrected chi connectivity index (χ0v) is 11.5. The molecule has 0 aromatic rings. The minimum atomic E-state index is -1.00. The zero-order valence-electron chi connectivity index (χ0n) is 11.5. The first-order chi connectivity index (χ1) is 9.35. The van der Waals surface area contributed by atoms with E-state index in [2.05, 4.69) is 0 Å². The fraction of sp³-hybridized carbons (Fsp3) is 0.750. The smallest absolute Gasteiger partial charge is 0.303 e. The molecule has 1 aliphatic rings. The van der Waals surface area contributed by atoms with E-state index in [1.165, 1.54) is 20.8 Å². The standard InChI is InChI=1S/C12H18O8/c1-6(14)18-9(4-13)11-12(20-8(3)16)10(5-17-11)19-7(2)15/h9-13H,4-5H2,1-3H3/t9-,10+,11-,12-/m1/s1. The van der Waals surface area contributed by atoms with Gasteiger partial charge in [0.25, 0.3) is 0 Å². The number of hydrogen-bond donors (Lipinski definition) is 1. The lowest BCUT2D eigenvalue weighted by Crippen LogP contribution is -2.45. The molecule has 1 saturated heterocycles. The van der Waals surface area contributed by atoms with Gasteiger partial charge in [0.05, 0.1) is 13.2 Å². The van der Waals surface area contributed by atoms with Gasteiger partial charge in [-0.25, -0.2) is 0 Å². The van der Waals surface area contributed by atoms with Gasteiger partial charge in [-0.15, -0.1) is 0 Å². The van der Waals surface area contributed by atoms with Gasteiger partial charge in [0.15, 0.2) is 18.3 Å². The summed E-state index contributed by atoms with van der Waals surface area (Å²) in [7, 11) is 0. The first-order valence-electron chi connectivity index (χ1n) is 6.09. The molecule has 0 unspecified atom stereocenters. The Balaban J connectivity index is 2.84. The van der Waals surface area contributed by atoms with Crippen LogP contribution in [0.2, 0.25) is 0 Å². The van der Waals surface area contributed by atoms with Crippen LogP contribution in [0.25, 0.3) is 0 Å². The maximum absolute atomic E-state index is 11.1. The Kier molecular flexibility index (Phi) is 5.90. The summed E-state index contributed by atoms with van der Waals surface area (Å²) in [4.78, 5) is 33.1. The number of carbonyl (C=O) groups is 3. The molecule has 1 aliphatic heterocycles. The van der Waals surface area contributed by atoms with Crippen molar-refractivity contribution in [2.75, 3.05) is 13.2 Å². The van der Waals surface area contributed by atoms with Gasteiger partial charge in [0.1, 0.15) is 6.10 Å². The van der Waals surface area contributed by atoms with Crippen LogP contribution in [0.5, 0.6) is 0 Å². The molecule has 0 aromatic carbocycles. The van der Waals surface area contributed by atoms with Crippen molar-refractivity contribution in [1.82, 2.24) is 0 Å². The fourth-order valence-corrected chi connectivity index (χ4v) is 2.00. The molecule has 114 valence electrons. The number of aliphatic hydroxyl groups excluding tert-OH is 1. The second-order valence-corrected chi connectivity index (χ2v) is 4.35. The molecule has 0 radical (unpaired) electrons. The third kappa shape index (κ3) is 4.46. The summed E-state index contributed by atoms with van der Waals surface area (Å²) < 4.78 is 20.3. The largest absolute Gasteiger partial charge is 0.457 e. The molecule has 0 aromatic heterocycles. The van der Waals surface area contributed by atoms with Crippen LogP contribution in [0.4, 0.5) is 0 Å². The van der Waals surface area contributed by atoms with Gasteiger partial charge in [-0.3, -0.25) is 14.4 Å². The highest BCUT2D eigenvalue weighted by Crippen LogP contribution is 2.25. The Morgan fingerprint density at radius 3 is 2.20 bits per heavy atom. The second kappa shape index (κ2) is 7.20. The second-order valence-electron chi connectivity index (χ2n) is 4.35. The van der Waals surface area contributed by atoms with Crippen LogP contribution in [-0.4, -0.2) is 60.6 Å². The number of esters is 3. The van der Waals surface area contributed by atoms with Crippen LogP contribution in [0, 0.1) is 0 Å². The summed E-state index contributed by atoms with van der Waals surface area (Å²) in [5.74, 6) is -1.75. The lowest BCUT2D eigenvalue weighted by Gasteiger charge is -2.26. The third-order valence-electron chi connectivity index (χ3n) is 2.63. The molecule has 1 N–H and O–H groups in total. The normalized spacial score (nSPS) is 26.7. The van der Waals surface area contributed by atoms with E-state index in [1.807, 2.05) is 0 Å². The van der Waals surface area contributed by atoms with Gasteiger partial charge in [-0.2, -0.15) is 0 Å². The summed E-state index contributed by atoms with van der Waals surface area (Å²) in [6.45, 7) is 3.07. The van der Waals surface area contributed by atoms with E-state index in [1.54, 1.807) is 0 Å². The first-order valence-corrected chi connectivity index (χ1v) is 6.09. The Bertz CT molecular complexity index is 380. The minimum absolute atomic E-state index is 0.0139. The number of rotatable bonds is 5. The van der Waals surface area contributed by atoms with Crippen molar-refractivity contribution in [1.29, 1.82) is 0 Å². The van der Waals surface area contributed by atoms with Crippen LogP contribution in [-0.2, 0) is 33.3 Å². The summed E-state index contributed by atoms with van der Waals surface area (Å²) >= 11 is 0. The first kappa shape index (κ1) is 16.4. The topological polar surface area (TPSA) is 108 Å². The molecule has 0 amide bonds. The summed E-state index contributed by atoms with van der Waals surface area (Å²) in [6, 6.07) is 0. The fourth-order valence-electron chi connectivity index (χ4n) is 2.00. The molecule has 1 fully saturated rings. The summed E-state index contributed by atoms with van der Waals surface area (Å²) in [5.41, 5.74) is 0. The minimum Gasteiger partial charge on any atom is -0.457 e. The van der Waals surface area contributed by atoms with Crippen LogP contribution in [0.1, 0.15) is 20.8 Å². The van der Waals surface area contributed by atoms with Crippen molar-refractivity contribution in [3.8, 4) is 0 Å². The molecule has 8 heteroatoms. The number of aliphatic hydroxyl groups is 1. The SMILES string of the molecule is CC(=O)O[C@H]1[C@@H]([C@@H](CO)OC(C)=O)OC[C@@H]1OC(C)=O. The predicted molar refractivity (Wildman–Crippen MR) is 63.5 cm³/mol. The van der Waals surface area contributed by atoms with Crippen LogP contribution >= 0.6 is 0 Å². The molecule has 1 rings (SSSR count). The van der Waals surface area contributed by atoms with Crippen molar-refractivity contribution >= 4 is 17.9 Å². The Labute approximate surface area is 115 Å². The van der Waals surface area contributed by atoms with Crippen molar-refractivity contribution in [3.63, 3.8) is 0 Å². The van der Waals surface area contributed by atoms with E-state index in [-0.39, 0.29) is 6.61 Å². The highest BCUT2D eigenvalue weighted by Gasteiger charge is 2.47.